The minimum Gasteiger partial charge on any atom is -0.343 e. The number of nitrogens with zero attached hydrogens (tertiary/aromatic N) is 1. The molecular weight excluding hydrogens is 204 g/mol. The van der Waals surface area contributed by atoms with Gasteiger partial charge in [0, 0.05) is 6.04 Å². The highest BCUT2D eigenvalue weighted by Gasteiger charge is 2.38. The van der Waals surface area contributed by atoms with Gasteiger partial charge in [-0.05, 0) is 31.6 Å². The average Bonchev–Trinajstić information content (AvgIpc) is 2.09. The second kappa shape index (κ2) is 4.44. The lowest BCUT2D eigenvalue weighted by Crippen LogP contribution is -2.61. The maximum absolute atomic E-state index is 12.2. The van der Waals surface area contributed by atoms with Gasteiger partial charge in [-0.15, -0.1) is 0 Å². The second-order valence-electron chi connectivity index (χ2n) is 5.30. The van der Waals surface area contributed by atoms with E-state index < -0.39 is 0 Å². The number of carbonyl (C=O) groups excluding carboxylic acids is 2. The number of hydrogen-bond acceptors (Lipinski definition) is 2. The van der Waals surface area contributed by atoms with Crippen molar-refractivity contribution >= 4 is 11.8 Å². The monoisotopic (exact) mass is 224 g/mol. The summed E-state index contributed by atoms with van der Waals surface area (Å²) in [6.45, 7) is 4.40. The van der Waals surface area contributed by atoms with Crippen molar-refractivity contribution in [1.29, 1.82) is 0 Å². The van der Waals surface area contributed by atoms with E-state index in [1.807, 2.05) is 0 Å². The molecule has 4 heteroatoms. The van der Waals surface area contributed by atoms with Gasteiger partial charge in [0.05, 0.1) is 6.54 Å². The summed E-state index contributed by atoms with van der Waals surface area (Å²) >= 11 is 0. The van der Waals surface area contributed by atoms with Crippen LogP contribution in [0.3, 0.4) is 0 Å². The Balaban J connectivity index is 2.03. The first-order valence-electron chi connectivity index (χ1n) is 6.17. The van der Waals surface area contributed by atoms with Gasteiger partial charge in [0.2, 0.25) is 11.8 Å². The molecule has 1 aliphatic carbocycles. The number of nitrogens with one attached hydrogen (secondary N) is 1. The Labute approximate surface area is 96.4 Å². The van der Waals surface area contributed by atoms with Crippen LogP contribution in [0.2, 0.25) is 0 Å². The highest BCUT2D eigenvalue weighted by atomic mass is 16.2. The molecule has 1 saturated carbocycles. The lowest BCUT2D eigenvalue weighted by atomic mass is 9.89. The van der Waals surface area contributed by atoms with E-state index in [4.69, 9.17) is 0 Å². The molecule has 90 valence electrons. The van der Waals surface area contributed by atoms with Crippen molar-refractivity contribution in [3.05, 3.63) is 0 Å². The molecule has 0 bridgehead atoms. The number of rotatable bonds is 3. The van der Waals surface area contributed by atoms with Crippen LogP contribution in [-0.2, 0) is 9.59 Å². The first-order chi connectivity index (χ1) is 7.58. The Morgan fingerprint density at radius 3 is 2.56 bits per heavy atom. The smallest absolute Gasteiger partial charge is 0.245 e. The van der Waals surface area contributed by atoms with E-state index in [2.05, 4.69) is 19.2 Å². The predicted octanol–water partition coefficient (Wildman–Crippen LogP) is 0.912. The second-order valence-corrected chi connectivity index (χ2v) is 5.30. The summed E-state index contributed by atoms with van der Waals surface area (Å²) < 4.78 is 0. The highest BCUT2D eigenvalue weighted by Crippen LogP contribution is 2.27. The molecular formula is C12H20N2O2. The molecule has 2 amide bonds. The van der Waals surface area contributed by atoms with E-state index in [1.54, 1.807) is 4.90 Å². The fraction of sp³-hybridized carbons (Fsp3) is 0.833. The first-order valence-corrected chi connectivity index (χ1v) is 6.17. The Morgan fingerprint density at radius 1 is 1.38 bits per heavy atom. The molecule has 1 heterocycles. The number of hydrogen-bond donors (Lipinski definition) is 1. The van der Waals surface area contributed by atoms with Gasteiger partial charge in [0.1, 0.15) is 6.04 Å². The summed E-state index contributed by atoms with van der Waals surface area (Å²) in [5.41, 5.74) is 0. The van der Waals surface area contributed by atoms with Gasteiger partial charge < -0.3 is 10.2 Å². The topological polar surface area (TPSA) is 49.4 Å². The molecule has 0 aromatic carbocycles. The van der Waals surface area contributed by atoms with Gasteiger partial charge in [0.25, 0.3) is 0 Å². The number of carbonyl (C=O) groups is 2. The van der Waals surface area contributed by atoms with Crippen molar-refractivity contribution in [3.63, 3.8) is 0 Å². The molecule has 2 fully saturated rings. The zero-order valence-corrected chi connectivity index (χ0v) is 10.0. The van der Waals surface area contributed by atoms with Crippen molar-refractivity contribution in [2.75, 3.05) is 6.54 Å². The van der Waals surface area contributed by atoms with Gasteiger partial charge in [-0.2, -0.15) is 0 Å². The van der Waals surface area contributed by atoms with Gasteiger partial charge >= 0.3 is 0 Å². The fourth-order valence-corrected chi connectivity index (χ4v) is 2.37. The van der Waals surface area contributed by atoms with E-state index in [1.165, 1.54) is 6.42 Å². The van der Waals surface area contributed by atoms with E-state index in [-0.39, 0.29) is 24.4 Å². The summed E-state index contributed by atoms with van der Waals surface area (Å²) in [6, 6.07) is 0.0371. The van der Waals surface area contributed by atoms with Crippen LogP contribution in [-0.4, -0.2) is 35.3 Å². The molecule has 0 spiro atoms. The lowest BCUT2D eigenvalue weighted by Gasteiger charge is -2.42. The molecule has 4 nitrogen and oxygen atoms in total. The molecule has 1 atom stereocenters. The molecule has 0 aromatic rings. The molecule has 0 radical (unpaired) electrons. The average molecular weight is 224 g/mol. The van der Waals surface area contributed by atoms with Crippen molar-refractivity contribution in [1.82, 2.24) is 10.2 Å². The summed E-state index contributed by atoms with van der Waals surface area (Å²) in [4.78, 5) is 25.5. The van der Waals surface area contributed by atoms with Crippen molar-refractivity contribution < 1.29 is 9.59 Å². The Kier molecular flexibility index (Phi) is 3.17. The molecule has 1 saturated heterocycles. The summed E-state index contributed by atoms with van der Waals surface area (Å²) in [6.07, 6.45) is 4.06. The molecule has 16 heavy (non-hydrogen) atoms. The van der Waals surface area contributed by atoms with Crippen LogP contribution >= 0.6 is 0 Å². The fourth-order valence-electron chi connectivity index (χ4n) is 2.37. The third-order valence-corrected chi connectivity index (χ3v) is 3.45. The van der Waals surface area contributed by atoms with Crippen molar-refractivity contribution in [2.24, 2.45) is 5.92 Å². The largest absolute Gasteiger partial charge is 0.343 e. The molecule has 2 rings (SSSR count). The van der Waals surface area contributed by atoms with Gasteiger partial charge in [0.15, 0.2) is 0 Å². The Hall–Kier alpha value is -1.06. The van der Waals surface area contributed by atoms with Crippen LogP contribution in [0.25, 0.3) is 0 Å². The minimum atomic E-state index is -0.290. The van der Waals surface area contributed by atoms with Crippen molar-refractivity contribution in [2.45, 2.75) is 51.6 Å². The maximum atomic E-state index is 12.2. The van der Waals surface area contributed by atoms with Crippen LogP contribution in [0.15, 0.2) is 0 Å². The quantitative estimate of drug-likeness (QED) is 0.774. The van der Waals surface area contributed by atoms with Gasteiger partial charge in [-0.3, -0.25) is 9.59 Å². The van der Waals surface area contributed by atoms with Crippen molar-refractivity contribution in [3.8, 4) is 0 Å². The number of amides is 2. The third kappa shape index (κ3) is 2.20. The maximum Gasteiger partial charge on any atom is 0.245 e. The molecule has 0 aromatic heterocycles. The van der Waals surface area contributed by atoms with Crippen LogP contribution < -0.4 is 5.32 Å². The van der Waals surface area contributed by atoms with Gasteiger partial charge in [-0.1, -0.05) is 13.8 Å². The molecule has 1 aliphatic heterocycles. The third-order valence-electron chi connectivity index (χ3n) is 3.45. The van der Waals surface area contributed by atoms with E-state index in [0.29, 0.717) is 12.0 Å². The lowest BCUT2D eigenvalue weighted by molar-refractivity contribution is -0.148. The van der Waals surface area contributed by atoms with E-state index in [9.17, 15) is 9.59 Å². The zero-order chi connectivity index (χ0) is 11.7. The highest BCUT2D eigenvalue weighted by molar-refractivity contribution is 5.95. The number of piperazine rings is 1. The van der Waals surface area contributed by atoms with E-state index in [0.717, 1.165) is 19.3 Å². The van der Waals surface area contributed by atoms with Crippen LogP contribution in [0.1, 0.15) is 39.5 Å². The normalized spacial score (nSPS) is 26.9. The SMILES string of the molecule is CC(C)CC1NC(=O)CN(C2CCC2)C1=O. The summed E-state index contributed by atoms with van der Waals surface area (Å²) in [7, 11) is 0. The molecule has 1 N–H and O–H groups in total. The van der Waals surface area contributed by atoms with Gasteiger partial charge in [-0.25, -0.2) is 0 Å². The first kappa shape index (κ1) is 11.4. The zero-order valence-electron chi connectivity index (χ0n) is 10.0. The Morgan fingerprint density at radius 2 is 2.06 bits per heavy atom. The standard InChI is InChI=1S/C12H20N2O2/c1-8(2)6-10-12(16)14(7-11(15)13-10)9-4-3-5-9/h8-10H,3-7H2,1-2H3,(H,13,15). The van der Waals surface area contributed by atoms with Crippen LogP contribution in [0.4, 0.5) is 0 Å². The summed E-state index contributed by atoms with van der Waals surface area (Å²) in [5, 5.41) is 2.80. The van der Waals surface area contributed by atoms with Crippen LogP contribution in [0.5, 0.6) is 0 Å². The molecule has 1 unspecified atom stereocenters. The molecule has 2 aliphatic rings. The van der Waals surface area contributed by atoms with E-state index >= 15 is 0 Å². The predicted molar refractivity (Wildman–Crippen MR) is 60.7 cm³/mol. The van der Waals surface area contributed by atoms with Crippen LogP contribution in [0, 0.1) is 5.92 Å². The summed E-state index contributed by atoms with van der Waals surface area (Å²) in [5.74, 6) is 0.547. The minimum absolute atomic E-state index is 0.00264. The Bertz CT molecular complexity index is 297.